The first-order valence-electron chi connectivity index (χ1n) is 5.70. The van der Waals surface area contributed by atoms with Crippen LogP contribution in [-0.4, -0.2) is 30.2 Å². The molecule has 0 bridgehead atoms. The summed E-state index contributed by atoms with van der Waals surface area (Å²) < 4.78 is 0. The van der Waals surface area contributed by atoms with Gasteiger partial charge in [-0.25, -0.2) is 4.98 Å². The van der Waals surface area contributed by atoms with Crippen LogP contribution in [0.3, 0.4) is 0 Å². The summed E-state index contributed by atoms with van der Waals surface area (Å²) in [6.07, 6.45) is 4.55. The van der Waals surface area contributed by atoms with E-state index >= 15 is 0 Å². The zero-order valence-electron chi connectivity index (χ0n) is 9.16. The van der Waals surface area contributed by atoms with Gasteiger partial charge in [-0.3, -0.25) is 0 Å². The van der Waals surface area contributed by atoms with Gasteiger partial charge in [-0.1, -0.05) is 6.07 Å². The molecule has 3 heterocycles. The summed E-state index contributed by atoms with van der Waals surface area (Å²) in [6, 6.07) is 4.27. The van der Waals surface area contributed by atoms with E-state index in [-0.39, 0.29) is 0 Å². The highest BCUT2D eigenvalue weighted by Gasteiger charge is 2.42. The van der Waals surface area contributed by atoms with Gasteiger partial charge >= 0.3 is 0 Å². The fourth-order valence-electron chi connectivity index (χ4n) is 2.54. The van der Waals surface area contributed by atoms with Gasteiger partial charge in [-0.15, -0.1) is 0 Å². The van der Waals surface area contributed by atoms with Crippen molar-refractivity contribution in [2.45, 2.75) is 25.3 Å². The van der Waals surface area contributed by atoms with Crippen molar-refractivity contribution in [3.8, 4) is 0 Å². The molecule has 80 valence electrons. The molecular weight excluding hydrogens is 186 g/mol. The summed E-state index contributed by atoms with van der Waals surface area (Å²) in [5.74, 6) is 1.13. The summed E-state index contributed by atoms with van der Waals surface area (Å²) in [5, 5.41) is 3.56. The minimum absolute atomic E-state index is 0.423. The Labute approximate surface area is 90.5 Å². The molecule has 1 atom stereocenters. The van der Waals surface area contributed by atoms with Crippen LogP contribution in [0.15, 0.2) is 18.3 Å². The molecule has 0 aliphatic carbocycles. The van der Waals surface area contributed by atoms with Crippen LogP contribution in [0.25, 0.3) is 0 Å². The largest absolute Gasteiger partial charge is 0.355 e. The van der Waals surface area contributed by atoms with E-state index in [2.05, 4.69) is 34.3 Å². The van der Waals surface area contributed by atoms with Crippen molar-refractivity contribution in [1.82, 2.24) is 10.3 Å². The highest BCUT2D eigenvalue weighted by Crippen LogP contribution is 2.32. The van der Waals surface area contributed by atoms with Gasteiger partial charge in [0.1, 0.15) is 5.82 Å². The van der Waals surface area contributed by atoms with Crippen LogP contribution >= 0.6 is 0 Å². The van der Waals surface area contributed by atoms with Crippen LogP contribution in [0, 0.1) is 6.92 Å². The van der Waals surface area contributed by atoms with Crippen molar-refractivity contribution >= 4 is 5.82 Å². The minimum atomic E-state index is 0.423. The normalized spacial score (nSPS) is 29.5. The topological polar surface area (TPSA) is 28.2 Å². The molecule has 3 rings (SSSR count). The monoisotopic (exact) mass is 203 g/mol. The minimum Gasteiger partial charge on any atom is -0.355 e. The van der Waals surface area contributed by atoms with E-state index in [1.807, 2.05) is 6.20 Å². The van der Waals surface area contributed by atoms with Crippen LogP contribution < -0.4 is 10.2 Å². The smallest absolute Gasteiger partial charge is 0.128 e. The number of aryl methyl sites for hydroxylation is 1. The first-order valence-corrected chi connectivity index (χ1v) is 5.70. The highest BCUT2D eigenvalue weighted by atomic mass is 15.3. The molecule has 0 amide bonds. The van der Waals surface area contributed by atoms with E-state index in [1.165, 1.54) is 24.9 Å². The maximum Gasteiger partial charge on any atom is 0.128 e. The average molecular weight is 203 g/mol. The van der Waals surface area contributed by atoms with Crippen LogP contribution in [0.2, 0.25) is 0 Å². The van der Waals surface area contributed by atoms with E-state index in [9.17, 15) is 0 Å². The first-order chi connectivity index (χ1) is 7.27. The van der Waals surface area contributed by atoms with Gasteiger partial charge in [0.15, 0.2) is 0 Å². The van der Waals surface area contributed by atoms with E-state index in [0.717, 1.165) is 18.9 Å². The lowest BCUT2D eigenvalue weighted by Crippen LogP contribution is -2.58. The molecule has 1 spiro atoms. The van der Waals surface area contributed by atoms with Gasteiger partial charge in [-0.2, -0.15) is 0 Å². The maximum atomic E-state index is 4.48. The van der Waals surface area contributed by atoms with Crippen molar-refractivity contribution in [1.29, 1.82) is 0 Å². The van der Waals surface area contributed by atoms with Gasteiger partial charge in [0, 0.05) is 24.8 Å². The maximum absolute atomic E-state index is 4.48. The van der Waals surface area contributed by atoms with Crippen molar-refractivity contribution < 1.29 is 0 Å². The van der Waals surface area contributed by atoms with Crippen LogP contribution in [0.4, 0.5) is 5.82 Å². The zero-order chi connectivity index (χ0) is 10.3. The third-order valence-electron chi connectivity index (χ3n) is 3.68. The number of nitrogens with zero attached hydrogens (tertiary/aromatic N) is 2. The van der Waals surface area contributed by atoms with E-state index in [1.54, 1.807) is 0 Å². The average Bonchev–Trinajstić information content (AvgIpc) is 2.63. The summed E-state index contributed by atoms with van der Waals surface area (Å²) in [4.78, 5) is 6.88. The Hall–Kier alpha value is -1.09. The molecule has 0 radical (unpaired) electrons. The number of hydrogen-bond acceptors (Lipinski definition) is 3. The summed E-state index contributed by atoms with van der Waals surface area (Å²) in [6.45, 7) is 5.54. The molecule has 15 heavy (non-hydrogen) atoms. The van der Waals surface area contributed by atoms with Gasteiger partial charge < -0.3 is 10.2 Å². The van der Waals surface area contributed by atoms with E-state index in [4.69, 9.17) is 0 Å². The second-order valence-corrected chi connectivity index (χ2v) is 4.82. The predicted octanol–water partition coefficient (Wildman–Crippen LogP) is 1.33. The van der Waals surface area contributed by atoms with Crippen molar-refractivity contribution in [3.63, 3.8) is 0 Å². The standard InChI is InChI=1S/C12H17N3/c1-10-2-3-11(13-8-10)15-7-5-12(9-15)4-6-14-12/h2-3,8,14H,4-7,9H2,1H3. The second-order valence-electron chi connectivity index (χ2n) is 4.82. The number of hydrogen-bond donors (Lipinski definition) is 1. The SMILES string of the molecule is Cc1ccc(N2CCC3(CCN3)C2)nc1. The number of rotatable bonds is 1. The van der Waals surface area contributed by atoms with Crippen LogP contribution in [0.1, 0.15) is 18.4 Å². The molecule has 1 aromatic rings. The third kappa shape index (κ3) is 1.51. The second kappa shape index (κ2) is 3.20. The zero-order valence-corrected chi connectivity index (χ0v) is 9.16. The fraction of sp³-hybridized carbons (Fsp3) is 0.583. The van der Waals surface area contributed by atoms with E-state index in [0.29, 0.717) is 5.54 Å². The molecule has 2 aliphatic heterocycles. The number of aromatic nitrogens is 1. The highest BCUT2D eigenvalue weighted by molar-refractivity contribution is 5.42. The molecule has 0 saturated carbocycles. The lowest BCUT2D eigenvalue weighted by molar-refractivity contribution is 0.235. The summed E-state index contributed by atoms with van der Waals surface area (Å²) in [7, 11) is 0. The Morgan fingerprint density at radius 2 is 2.27 bits per heavy atom. The Morgan fingerprint density at radius 1 is 1.40 bits per heavy atom. The molecule has 2 aliphatic rings. The molecule has 1 unspecified atom stereocenters. The molecule has 3 nitrogen and oxygen atoms in total. The van der Waals surface area contributed by atoms with Gasteiger partial charge in [0.25, 0.3) is 0 Å². The number of pyridine rings is 1. The fourth-order valence-corrected chi connectivity index (χ4v) is 2.54. The number of anilines is 1. The lowest BCUT2D eigenvalue weighted by Gasteiger charge is -2.39. The molecule has 0 aromatic carbocycles. The van der Waals surface area contributed by atoms with Gasteiger partial charge in [-0.05, 0) is 37.9 Å². The molecule has 2 fully saturated rings. The van der Waals surface area contributed by atoms with Crippen molar-refractivity contribution in [2.75, 3.05) is 24.5 Å². The quantitative estimate of drug-likeness (QED) is 0.746. The predicted molar refractivity (Wildman–Crippen MR) is 61.2 cm³/mol. The van der Waals surface area contributed by atoms with E-state index < -0.39 is 0 Å². The molecule has 1 aromatic heterocycles. The summed E-state index contributed by atoms with van der Waals surface area (Å²) >= 11 is 0. The van der Waals surface area contributed by atoms with Crippen molar-refractivity contribution in [3.05, 3.63) is 23.9 Å². The number of nitrogens with one attached hydrogen (secondary N) is 1. The molecular formula is C12H17N3. The Bertz CT molecular complexity index is 354. The van der Waals surface area contributed by atoms with Crippen molar-refractivity contribution in [2.24, 2.45) is 0 Å². The molecule has 2 saturated heterocycles. The van der Waals surface area contributed by atoms with Gasteiger partial charge in [0.2, 0.25) is 0 Å². The summed E-state index contributed by atoms with van der Waals surface area (Å²) in [5.41, 5.74) is 1.65. The van der Waals surface area contributed by atoms with Gasteiger partial charge in [0.05, 0.1) is 0 Å². The van der Waals surface area contributed by atoms with Crippen LogP contribution in [0.5, 0.6) is 0 Å². The first kappa shape index (κ1) is 9.16. The lowest BCUT2D eigenvalue weighted by atomic mass is 9.87. The Morgan fingerprint density at radius 3 is 2.80 bits per heavy atom. The molecule has 1 N–H and O–H groups in total. The third-order valence-corrected chi connectivity index (χ3v) is 3.68. The van der Waals surface area contributed by atoms with Crippen LogP contribution in [-0.2, 0) is 0 Å². The Kier molecular flexibility index (Phi) is 1.96. The molecule has 3 heteroatoms. The Balaban J connectivity index is 1.76.